The lowest BCUT2D eigenvalue weighted by molar-refractivity contribution is -0.322. The van der Waals surface area contributed by atoms with Gasteiger partial charge in [0, 0.05) is 26.4 Å². The molecule has 1 saturated heterocycles. The Bertz CT molecular complexity index is 1240. The van der Waals surface area contributed by atoms with Crippen LogP contribution in [0, 0.1) is 0 Å². The van der Waals surface area contributed by atoms with Crippen molar-refractivity contribution in [2.24, 2.45) is 0 Å². The molecule has 0 amide bonds. The van der Waals surface area contributed by atoms with Gasteiger partial charge in [-0.3, -0.25) is 0 Å². The first kappa shape index (κ1) is 42.0. The molecule has 2 N–H and O–H groups in total. The van der Waals surface area contributed by atoms with Crippen LogP contribution < -0.4 is 0 Å². The summed E-state index contributed by atoms with van der Waals surface area (Å²) in [6.45, 7) is 11.1. The zero-order valence-corrected chi connectivity index (χ0v) is 29.3. The molecule has 0 spiro atoms. The molecule has 1 fully saturated rings. The summed E-state index contributed by atoms with van der Waals surface area (Å²) in [5.41, 5.74) is -7.35. The molecule has 4 unspecified atom stereocenters. The standard InChI is InChI=1S/C25H48O17S3/c1-9-35-16(5)41-24(28)25(13-43(29,30)17(6)36-10-2)22(40-15-45(33,34)19(8)38-12-4)21(20(26)23(27)42-25)39-14-44(31,32)18(7)37-11-3/h16-23,26-27H,9-15H2,1-8H3/t16?,17?,18?,19?,20-,21-,22+,23-,25+/m1/s1. The van der Waals surface area contributed by atoms with Gasteiger partial charge in [0.05, 0.1) is 5.75 Å². The number of carbonyl (C=O) groups is 1. The number of hydrogen-bond donors (Lipinski definition) is 2. The average Bonchev–Trinajstić information content (AvgIpc) is 2.93. The lowest BCUT2D eigenvalue weighted by Crippen LogP contribution is -2.72. The topological polar surface area (TPSA) is 234 Å². The Morgan fingerprint density at radius 3 is 1.58 bits per heavy atom. The maximum atomic E-state index is 13.9. The Labute approximate surface area is 265 Å². The molecule has 1 aliphatic rings. The molecule has 20 heteroatoms. The molecule has 0 aromatic heterocycles. The second kappa shape index (κ2) is 17.9. The van der Waals surface area contributed by atoms with Crippen LogP contribution in [-0.2, 0) is 72.2 Å². The van der Waals surface area contributed by atoms with Crippen LogP contribution in [0.3, 0.4) is 0 Å². The Hall–Kier alpha value is -1.04. The Morgan fingerprint density at radius 1 is 0.711 bits per heavy atom. The predicted molar refractivity (Wildman–Crippen MR) is 157 cm³/mol. The average molecular weight is 717 g/mol. The smallest absolute Gasteiger partial charge is 0.344 e. The number of carbonyl (C=O) groups excluding carboxylic acids is 1. The fourth-order valence-corrected chi connectivity index (χ4v) is 7.48. The highest BCUT2D eigenvalue weighted by molar-refractivity contribution is 7.92. The predicted octanol–water partition coefficient (Wildman–Crippen LogP) is -0.562. The zero-order chi connectivity index (χ0) is 34.8. The summed E-state index contributed by atoms with van der Waals surface area (Å²) in [6, 6.07) is 0. The Morgan fingerprint density at radius 2 is 1.13 bits per heavy atom. The van der Waals surface area contributed by atoms with Crippen LogP contribution in [-0.4, -0.2) is 138 Å². The maximum Gasteiger partial charge on any atom is 0.344 e. The van der Waals surface area contributed by atoms with Gasteiger partial charge in [0.1, 0.15) is 18.3 Å². The van der Waals surface area contributed by atoms with Crippen molar-refractivity contribution in [2.75, 3.05) is 44.1 Å². The normalized spacial score (nSPS) is 27.4. The monoisotopic (exact) mass is 716 g/mol. The Kier molecular flexibility index (Phi) is 16.7. The van der Waals surface area contributed by atoms with E-state index >= 15 is 0 Å². The lowest BCUT2D eigenvalue weighted by atomic mass is 9.87. The molecule has 9 atom stereocenters. The van der Waals surface area contributed by atoms with Gasteiger partial charge in [0.15, 0.2) is 50.6 Å². The lowest BCUT2D eigenvalue weighted by Gasteiger charge is -2.48. The molecule has 17 nitrogen and oxygen atoms in total. The second-order valence-corrected chi connectivity index (χ2v) is 16.7. The molecule has 0 aromatic carbocycles. The van der Waals surface area contributed by atoms with Crippen molar-refractivity contribution in [3.05, 3.63) is 0 Å². The molecule has 0 aliphatic carbocycles. The number of aliphatic hydroxyl groups is 2. The van der Waals surface area contributed by atoms with Crippen molar-refractivity contribution in [1.82, 2.24) is 0 Å². The van der Waals surface area contributed by atoms with Crippen molar-refractivity contribution in [3.8, 4) is 0 Å². The highest BCUT2D eigenvalue weighted by Crippen LogP contribution is 2.37. The molecule has 1 rings (SSSR count). The summed E-state index contributed by atoms with van der Waals surface area (Å²) in [7, 11) is -13.1. The van der Waals surface area contributed by atoms with Crippen molar-refractivity contribution >= 4 is 35.5 Å². The van der Waals surface area contributed by atoms with Gasteiger partial charge in [-0.2, -0.15) is 0 Å². The first-order valence-corrected chi connectivity index (χ1v) is 19.5. The summed E-state index contributed by atoms with van der Waals surface area (Å²) in [5.74, 6) is -5.30. The summed E-state index contributed by atoms with van der Waals surface area (Å²) in [6.07, 6.45) is -10.2. The van der Waals surface area contributed by atoms with E-state index in [0.29, 0.717) is 0 Å². The van der Waals surface area contributed by atoms with Crippen LogP contribution in [0.25, 0.3) is 0 Å². The number of aliphatic hydroxyl groups excluding tert-OH is 2. The number of esters is 1. The van der Waals surface area contributed by atoms with E-state index in [0.717, 1.165) is 6.92 Å². The molecule has 268 valence electrons. The molecule has 1 aliphatic heterocycles. The van der Waals surface area contributed by atoms with Crippen molar-refractivity contribution < 1.29 is 78.2 Å². The summed E-state index contributed by atoms with van der Waals surface area (Å²) in [5, 5.41) is 21.7. The van der Waals surface area contributed by atoms with Crippen LogP contribution in [0.2, 0.25) is 0 Å². The first-order chi connectivity index (χ1) is 20.8. The van der Waals surface area contributed by atoms with Crippen molar-refractivity contribution in [3.63, 3.8) is 0 Å². The third-order valence-corrected chi connectivity index (χ3v) is 11.9. The maximum absolute atomic E-state index is 13.9. The van der Waals surface area contributed by atoms with Crippen LogP contribution >= 0.6 is 0 Å². The first-order valence-electron chi connectivity index (χ1n) is 14.3. The minimum atomic E-state index is -4.54. The number of rotatable bonds is 21. The molecule has 45 heavy (non-hydrogen) atoms. The second-order valence-electron chi connectivity index (χ2n) is 9.97. The fourth-order valence-electron chi connectivity index (χ4n) is 4.20. The van der Waals surface area contributed by atoms with Gasteiger partial charge in [-0.1, -0.05) is 0 Å². The van der Waals surface area contributed by atoms with Crippen LogP contribution in [0.4, 0.5) is 0 Å². The van der Waals surface area contributed by atoms with Crippen molar-refractivity contribution in [1.29, 1.82) is 0 Å². The van der Waals surface area contributed by atoms with Gasteiger partial charge >= 0.3 is 5.97 Å². The Balaban J connectivity index is 3.88. The SMILES string of the molecule is CCOC(C)OC(=O)[C@@]1(CS(=O)(=O)C(C)OCC)O[C@@H](O)[C@H](O)[C@@H](OCS(=O)(=O)C(C)OCC)[C@@H]1OCS(=O)(=O)C(C)OCC. The van der Waals surface area contributed by atoms with Crippen LogP contribution in [0.15, 0.2) is 0 Å². The molecular formula is C25H48O17S3. The zero-order valence-electron chi connectivity index (χ0n) is 26.8. The number of sulfone groups is 3. The van der Waals surface area contributed by atoms with E-state index in [1.54, 1.807) is 13.8 Å². The van der Waals surface area contributed by atoms with E-state index < -0.39 is 106 Å². The van der Waals surface area contributed by atoms with E-state index in [4.69, 9.17) is 37.9 Å². The molecule has 0 radical (unpaired) electrons. The van der Waals surface area contributed by atoms with Gasteiger partial charge in [-0.05, 0) is 55.4 Å². The van der Waals surface area contributed by atoms with E-state index in [-0.39, 0.29) is 26.4 Å². The summed E-state index contributed by atoms with van der Waals surface area (Å²) in [4.78, 5) is 13.9. The van der Waals surface area contributed by atoms with Gasteiger partial charge in [0.2, 0.25) is 25.3 Å². The van der Waals surface area contributed by atoms with Gasteiger partial charge in [0.25, 0.3) is 0 Å². The van der Waals surface area contributed by atoms with Gasteiger partial charge in [-0.15, -0.1) is 0 Å². The van der Waals surface area contributed by atoms with Gasteiger partial charge in [-0.25, -0.2) is 30.0 Å². The highest BCUT2D eigenvalue weighted by atomic mass is 32.2. The third kappa shape index (κ3) is 11.3. The fraction of sp³-hybridized carbons (Fsp3) is 0.960. The van der Waals surface area contributed by atoms with E-state index in [9.17, 15) is 40.3 Å². The molecular weight excluding hydrogens is 668 g/mol. The largest absolute Gasteiger partial charge is 0.434 e. The summed E-state index contributed by atoms with van der Waals surface area (Å²) >= 11 is 0. The number of hydrogen-bond acceptors (Lipinski definition) is 17. The number of ether oxygens (including phenoxy) is 8. The third-order valence-electron chi connectivity index (χ3n) is 6.71. The molecule has 0 aromatic rings. The minimum absolute atomic E-state index is 0.00139. The highest BCUT2D eigenvalue weighted by Gasteiger charge is 2.64. The molecule has 1 heterocycles. The summed E-state index contributed by atoms with van der Waals surface area (Å²) < 4.78 is 121. The quantitative estimate of drug-likeness (QED) is 0.112. The van der Waals surface area contributed by atoms with Crippen LogP contribution in [0.1, 0.15) is 55.4 Å². The molecule has 0 saturated carbocycles. The van der Waals surface area contributed by atoms with Crippen molar-refractivity contribution in [2.45, 2.75) is 108 Å². The molecule has 0 bridgehead atoms. The van der Waals surface area contributed by atoms with E-state index in [1.807, 2.05) is 0 Å². The van der Waals surface area contributed by atoms with E-state index in [2.05, 4.69) is 0 Å². The van der Waals surface area contributed by atoms with Gasteiger partial charge < -0.3 is 48.1 Å². The minimum Gasteiger partial charge on any atom is -0.434 e. The van der Waals surface area contributed by atoms with E-state index in [1.165, 1.54) is 34.6 Å². The van der Waals surface area contributed by atoms with Crippen LogP contribution in [0.5, 0.6) is 0 Å².